The molecule has 2 N–H and O–H groups in total. The summed E-state index contributed by atoms with van der Waals surface area (Å²) in [4.78, 5) is 21.5. The van der Waals surface area contributed by atoms with Gasteiger partial charge in [0.05, 0.1) is 0 Å². The van der Waals surface area contributed by atoms with Gasteiger partial charge in [-0.15, -0.1) is 0 Å². The van der Waals surface area contributed by atoms with Gasteiger partial charge in [0.2, 0.25) is 0 Å². The van der Waals surface area contributed by atoms with E-state index in [0.29, 0.717) is 10.7 Å². The van der Waals surface area contributed by atoms with Gasteiger partial charge in [0.25, 0.3) is 5.91 Å². The molecule has 6 heteroatoms. The predicted molar refractivity (Wildman–Crippen MR) is 89.1 cm³/mol. The zero-order valence-corrected chi connectivity index (χ0v) is 13.9. The van der Waals surface area contributed by atoms with Gasteiger partial charge in [0.15, 0.2) is 5.13 Å². The molecule has 1 aliphatic heterocycles. The number of nitrogen functional groups attached to an aromatic ring is 1. The lowest BCUT2D eigenvalue weighted by molar-refractivity contribution is 0.0798. The van der Waals surface area contributed by atoms with Gasteiger partial charge in [-0.2, -0.15) is 0 Å². The second kappa shape index (κ2) is 7.64. The van der Waals surface area contributed by atoms with Gasteiger partial charge >= 0.3 is 0 Å². The number of rotatable bonds is 6. The molecule has 1 aliphatic rings. The molecule has 0 atom stereocenters. The van der Waals surface area contributed by atoms with E-state index < -0.39 is 0 Å². The molecule has 0 unspecified atom stereocenters. The molecule has 2 rings (SSSR count). The molecular weight excluding hydrogens is 284 g/mol. The summed E-state index contributed by atoms with van der Waals surface area (Å²) in [7, 11) is 1.84. The number of amides is 1. The van der Waals surface area contributed by atoms with E-state index in [4.69, 9.17) is 5.73 Å². The predicted octanol–water partition coefficient (Wildman–Crippen LogP) is 2.98. The number of anilines is 2. The van der Waals surface area contributed by atoms with Crippen LogP contribution in [0, 0.1) is 0 Å². The molecule has 0 bridgehead atoms. The summed E-state index contributed by atoms with van der Waals surface area (Å²) in [5.41, 5.74) is 5.97. The van der Waals surface area contributed by atoms with Crippen molar-refractivity contribution in [2.45, 2.75) is 45.4 Å². The Morgan fingerprint density at radius 1 is 1.33 bits per heavy atom. The lowest BCUT2D eigenvalue weighted by Gasteiger charge is -2.25. The second-order valence-electron chi connectivity index (χ2n) is 5.69. The monoisotopic (exact) mass is 310 g/mol. The minimum Gasteiger partial charge on any atom is -0.382 e. The van der Waals surface area contributed by atoms with Crippen molar-refractivity contribution in [3.05, 3.63) is 4.88 Å². The molecule has 0 radical (unpaired) electrons. The van der Waals surface area contributed by atoms with Gasteiger partial charge in [-0.05, 0) is 25.7 Å². The molecule has 118 valence electrons. The van der Waals surface area contributed by atoms with Crippen molar-refractivity contribution in [2.75, 3.05) is 37.3 Å². The number of carbonyl (C=O) groups is 1. The number of piperidine rings is 1. The first-order valence-electron chi connectivity index (χ1n) is 7.90. The second-order valence-corrected chi connectivity index (χ2v) is 6.67. The Hall–Kier alpha value is -1.30. The molecule has 1 amide bonds. The van der Waals surface area contributed by atoms with Crippen LogP contribution in [0.2, 0.25) is 0 Å². The molecular formula is C15H26N4OS. The van der Waals surface area contributed by atoms with Crippen molar-refractivity contribution in [2.24, 2.45) is 0 Å². The zero-order valence-electron chi connectivity index (χ0n) is 13.1. The van der Waals surface area contributed by atoms with Crippen LogP contribution in [0.1, 0.15) is 55.1 Å². The highest BCUT2D eigenvalue weighted by atomic mass is 32.1. The van der Waals surface area contributed by atoms with Gasteiger partial charge in [-0.25, -0.2) is 4.98 Å². The third-order valence-corrected chi connectivity index (χ3v) is 5.03. The largest absolute Gasteiger partial charge is 0.382 e. The molecule has 0 spiro atoms. The van der Waals surface area contributed by atoms with E-state index >= 15 is 0 Å². The molecule has 5 nitrogen and oxygen atoms in total. The number of nitrogens with two attached hydrogens (primary N) is 1. The van der Waals surface area contributed by atoms with Gasteiger partial charge in [0, 0.05) is 26.7 Å². The number of hydrogen-bond donors (Lipinski definition) is 1. The van der Waals surface area contributed by atoms with Gasteiger partial charge in [0.1, 0.15) is 10.7 Å². The third kappa shape index (κ3) is 4.09. The standard InChI is InChI=1S/C15H26N4OS/c1-3-4-6-9-18(2)14(20)12-13(16)17-15(21-12)19-10-7-5-8-11-19/h3-11,16H2,1-2H3. The Bertz CT molecular complexity index is 468. The average molecular weight is 310 g/mol. The molecule has 1 fully saturated rings. The van der Waals surface area contributed by atoms with Crippen LogP contribution in [0.25, 0.3) is 0 Å². The van der Waals surface area contributed by atoms with Gasteiger partial charge in [-0.3, -0.25) is 4.79 Å². The van der Waals surface area contributed by atoms with E-state index in [-0.39, 0.29) is 5.91 Å². The van der Waals surface area contributed by atoms with E-state index in [1.54, 1.807) is 4.90 Å². The van der Waals surface area contributed by atoms with Crippen molar-refractivity contribution >= 4 is 28.2 Å². The van der Waals surface area contributed by atoms with E-state index in [1.807, 2.05) is 7.05 Å². The topological polar surface area (TPSA) is 62.5 Å². The minimum absolute atomic E-state index is 0.00404. The van der Waals surface area contributed by atoms with Crippen LogP contribution in [0.15, 0.2) is 0 Å². The first-order chi connectivity index (χ1) is 10.1. The number of carbonyl (C=O) groups excluding carboxylic acids is 1. The molecule has 1 aromatic heterocycles. The van der Waals surface area contributed by atoms with Crippen LogP contribution >= 0.6 is 11.3 Å². The zero-order chi connectivity index (χ0) is 15.2. The van der Waals surface area contributed by atoms with Gasteiger partial charge < -0.3 is 15.5 Å². The van der Waals surface area contributed by atoms with Crippen molar-refractivity contribution in [3.63, 3.8) is 0 Å². The van der Waals surface area contributed by atoms with Crippen molar-refractivity contribution in [1.29, 1.82) is 0 Å². The summed E-state index contributed by atoms with van der Waals surface area (Å²) in [6, 6.07) is 0. The maximum absolute atomic E-state index is 12.5. The van der Waals surface area contributed by atoms with Crippen molar-refractivity contribution in [1.82, 2.24) is 9.88 Å². The lowest BCUT2D eigenvalue weighted by atomic mass is 10.1. The van der Waals surface area contributed by atoms with E-state index in [0.717, 1.165) is 44.0 Å². The maximum Gasteiger partial charge on any atom is 0.267 e. The smallest absolute Gasteiger partial charge is 0.267 e. The number of aromatic nitrogens is 1. The fourth-order valence-corrected chi connectivity index (χ4v) is 3.60. The number of thiazole rings is 1. The summed E-state index contributed by atoms with van der Waals surface area (Å²) < 4.78 is 0. The van der Waals surface area contributed by atoms with Crippen molar-refractivity contribution < 1.29 is 4.79 Å². The highest BCUT2D eigenvalue weighted by Crippen LogP contribution is 2.30. The normalized spacial score (nSPS) is 15.2. The Morgan fingerprint density at radius 2 is 2.05 bits per heavy atom. The lowest BCUT2D eigenvalue weighted by Crippen LogP contribution is -2.29. The number of unbranched alkanes of at least 4 members (excludes halogenated alkanes) is 2. The quantitative estimate of drug-likeness (QED) is 0.821. The fraction of sp³-hybridized carbons (Fsp3) is 0.733. The van der Waals surface area contributed by atoms with Crippen LogP contribution in [-0.4, -0.2) is 42.5 Å². The molecule has 2 heterocycles. The minimum atomic E-state index is 0.00404. The molecule has 0 aliphatic carbocycles. The molecule has 0 aromatic carbocycles. The summed E-state index contributed by atoms with van der Waals surface area (Å²) in [6.45, 7) is 4.98. The Balaban J connectivity index is 2.01. The molecule has 1 aromatic rings. The van der Waals surface area contributed by atoms with Crippen molar-refractivity contribution in [3.8, 4) is 0 Å². The third-order valence-electron chi connectivity index (χ3n) is 3.91. The summed E-state index contributed by atoms with van der Waals surface area (Å²) in [5.74, 6) is 0.386. The van der Waals surface area contributed by atoms with E-state index in [1.165, 1.54) is 30.6 Å². The summed E-state index contributed by atoms with van der Waals surface area (Å²) in [5, 5.41) is 0.900. The summed E-state index contributed by atoms with van der Waals surface area (Å²) >= 11 is 1.44. The van der Waals surface area contributed by atoms with Crippen LogP contribution in [0.5, 0.6) is 0 Å². The van der Waals surface area contributed by atoms with Crippen LogP contribution < -0.4 is 10.6 Å². The average Bonchev–Trinajstić information content (AvgIpc) is 2.89. The highest BCUT2D eigenvalue weighted by molar-refractivity contribution is 7.18. The Kier molecular flexibility index (Phi) is 5.85. The molecule has 1 saturated heterocycles. The number of nitrogens with zero attached hydrogens (tertiary/aromatic N) is 3. The van der Waals surface area contributed by atoms with Crippen LogP contribution in [0.3, 0.4) is 0 Å². The molecule has 21 heavy (non-hydrogen) atoms. The van der Waals surface area contributed by atoms with Gasteiger partial charge in [-0.1, -0.05) is 31.1 Å². The van der Waals surface area contributed by atoms with E-state index in [2.05, 4.69) is 16.8 Å². The Labute approximate surface area is 131 Å². The highest BCUT2D eigenvalue weighted by Gasteiger charge is 2.22. The maximum atomic E-state index is 12.5. The first kappa shape index (κ1) is 16.1. The SMILES string of the molecule is CCCCCN(C)C(=O)c1sc(N2CCCCC2)nc1N. The Morgan fingerprint density at radius 3 is 2.71 bits per heavy atom. The van der Waals surface area contributed by atoms with E-state index in [9.17, 15) is 4.79 Å². The first-order valence-corrected chi connectivity index (χ1v) is 8.71. The van der Waals surface area contributed by atoms with Crippen LogP contribution in [0.4, 0.5) is 10.9 Å². The number of hydrogen-bond acceptors (Lipinski definition) is 5. The molecule has 0 saturated carbocycles. The van der Waals surface area contributed by atoms with Crippen LogP contribution in [-0.2, 0) is 0 Å². The fourth-order valence-electron chi connectivity index (χ4n) is 2.57. The summed E-state index contributed by atoms with van der Waals surface area (Å²) in [6.07, 6.45) is 7.01.